The first-order chi connectivity index (χ1) is 8.36. The highest BCUT2D eigenvalue weighted by atomic mass is 32.2. The molecule has 0 aromatic heterocycles. The number of carboxylic acid groups (broad SMARTS) is 1. The molecule has 3 N–H and O–H groups in total. The highest BCUT2D eigenvalue weighted by Gasteiger charge is 2.23. The fourth-order valence-corrected chi connectivity index (χ4v) is 2.82. The zero-order valence-electron chi connectivity index (χ0n) is 10.6. The van der Waals surface area contributed by atoms with Crippen molar-refractivity contribution >= 4 is 28.4 Å². The Morgan fingerprint density at radius 1 is 1.17 bits per heavy atom. The third-order valence-electron chi connectivity index (χ3n) is 2.82. The number of carboxylic acids is 1. The van der Waals surface area contributed by atoms with E-state index in [4.69, 9.17) is 0 Å². The number of hydrogen-bond donors (Lipinski definition) is 3. The van der Waals surface area contributed by atoms with Crippen molar-refractivity contribution in [3.8, 4) is 0 Å². The van der Waals surface area contributed by atoms with E-state index in [1.807, 2.05) is 0 Å². The molecule has 0 amide bonds. The molecule has 1 aromatic rings. The van der Waals surface area contributed by atoms with Crippen molar-refractivity contribution < 1.29 is 18.7 Å². The van der Waals surface area contributed by atoms with Gasteiger partial charge in [0.1, 0.15) is 0 Å². The van der Waals surface area contributed by atoms with E-state index < -0.39 is 17.0 Å². The number of aromatic carboxylic acids is 1. The van der Waals surface area contributed by atoms with E-state index in [0.717, 1.165) is 0 Å². The third kappa shape index (κ3) is 2.19. The molecule has 0 fully saturated rings. The van der Waals surface area contributed by atoms with Crippen molar-refractivity contribution in [1.82, 2.24) is 0 Å². The Morgan fingerprint density at radius 3 is 2.00 bits per heavy atom. The Labute approximate surface area is 108 Å². The molecule has 0 heterocycles. The van der Waals surface area contributed by atoms with Crippen LogP contribution in [0.2, 0.25) is 0 Å². The molecule has 0 saturated heterocycles. The molecule has 0 spiro atoms. The molecular weight excluding hydrogens is 256 g/mol. The first-order valence-electron chi connectivity index (χ1n) is 5.22. The molecule has 0 bridgehead atoms. The average molecular weight is 271 g/mol. The average Bonchev–Trinajstić information content (AvgIpc) is 2.27. The minimum Gasteiger partial charge on any atom is -0.768 e. The van der Waals surface area contributed by atoms with Gasteiger partial charge < -0.3 is 20.3 Å². The maximum Gasteiger partial charge on any atom is 0.338 e. The van der Waals surface area contributed by atoms with E-state index in [2.05, 4.69) is 10.6 Å². The van der Waals surface area contributed by atoms with Crippen LogP contribution in [0.4, 0.5) is 11.4 Å². The molecule has 1 atom stereocenters. The van der Waals surface area contributed by atoms with Gasteiger partial charge >= 0.3 is 5.97 Å². The lowest BCUT2D eigenvalue weighted by Gasteiger charge is -2.22. The second-order valence-corrected chi connectivity index (χ2v) is 4.62. The van der Waals surface area contributed by atoms with Crippen LogP contribution in [-0.4, -0.2) is 33.9 Å². The summed E-state index contributed by atoms with van der Waals surface area (Å²) in [5, 5.41) is 14.7. The van der Waals surface area contributed by atoms with Gasteiger partial charge in [-0.2, -0.15) is 0 Å². The van der Waals surface area contributed by atoms with Gasteiger partial charge in [-0.25, -0.2) is 4.79 Å². The number of nitrogens with one attached hydrogen (secondary N) is 2. The summed E-state index contributed by atoms with van der Waals surface area (Å²) >= 11 is -2.51. The van der Waals surface area contributed by atoms with Gasteiger partial charge in [0.2, 0.25) is 0 Å². The molecule has 0 aliphatic rings. The predicted molar refractivity (Wildman–Crippen MR) is 69.2 cm³/mol. The summed E-state index contributed by atoms with van der Waals surface area (Å²) in [6.45, 7) is 3.27. The Hall–Kier alpha value is -1.60. The first kappa shape index (κ1) is 14.5. The van der Waals surface area contributed by atoms with Crippen LogP contribution < -0.4 is 10.6 Å². The minimum atomic E-state index is -2.51. The summed E-state index contributed by atoms with van der Waals surface area (Å²) in [5.41, 5.74) is 1.60. The van der Waals surface area contributed by atoms with Gasteiger partial charge in [-0.1, -0.05) is 0 Å². The maximum absolute atomic E-state index is 11.3. The van der Waals surface area contributed by atoms with E-state index in [1.165, 1.54) is 7.05 Å². The van der Waals surface area contributed by atoms with E-state index >= 15 is 0 Å². The van der Waals surface area contributed by atoms with Gasteiger partial charge in [0.05, 0.1) is 16.1 Å². The summed E-state index contributed by atoms with van der Waals surface area (Å²) in [5.74, 6) is -1.17. The Balaban J connectivity index is 3.87. The first-order valence-corrected chi connectivity index (χ1v) is 6.29. The molecule has 0 saturated carbocycles. The molecule has 1 rings (SSSR count). The third-order valence-corrected chi connectivity index (χ3v) is 3.67. The van der Waals surface area contributed by atoms with Crippen LogP contribution in [0, 0.1) is 13.8 Å². The fraction of sp³-hybridized carbons (Fsp3) is 0.364. The highest BCUT2D eigenvalue weighted by molar-refractivity contribution is 7.79. The van der Waals surface area contributed by atoms with Crippen molar-refractivity contribution in [1.29, 1.82) is 0 Å². The van der Waals surface area contributed by atoms with Crippen molar-refractivity contribution in [2.75, 3.05) is 24.7 Å². The number of benzene rings is 1. The number of hydrogen-bond acceptors (Lipinski definition) is 5. The van der Waals surface area contributed by atoms with Gasteiger partial charge in [0.15, 0.2) is 0 Å². The van der Waals surface area contributed by atoms with Crippen LogP contribution in [0.3, 0.4) is 0 Å². The molecule has 7 heteroatoms. The summed E-state index contributed by atoms with van der Waals surface area (Å²) in [6.07, 6.45) is 0. The van der Waals surface area contributed by atoms with E-state index in [-0.39, 0.29) is 16.1 Å². The highest BCUT2D eigenvalue weighted by Crippen LogP contribution is 2.36. The van der Waals surface area contributed by atoms with E-state index in [9.17, 15) is 18.7 Å². The zero-order valence-corrected chi connectivity index (χ0v) is 11.4. The summed E-state index contributed by atoms with van der Waals surface area (Å²) in [6, 6.07) is 0. The Morgan fingerprint density at radius 2 is 1.67 bits per heavy atom. The fourth-order valence-electron chi connectivity index (χ4n) is 2.10. The minimum absolute atomic E-state index is 0.0233. The van der Waals surface area contributed by atoms with Crippen LogP contribution in [0.25, 0.3) is 0 Å². The predicted octanol–water partition coefficient (Wildman–Crippen LogP) is 1.32. The van der Waals surface area contributed by atoms with Crippen LogP contribution in [0.5, 0.6) is 0 Å². The second kappa shape index (κ2) is 5.36. The number of anilines is 2. The van der Waals surface area contributed by atoms with Gasteiger partial charge in [0.25, 0.3) is 0 Å². The lowest BCUT2D eigenvalue weighted by atomic mass is 10.00. The quantitative estimate of drug-likeness (QED) is 0.714. The summed E-state index contributed by atoms with van der Waals surface area (Å²) in [4.78, 5) is 11.3. The van der Waals surface area contributed by atoms with Gasteiger partial charge in [-0.15, -0.1) is 0 Å². The molecule has 0 aliphatic carbocycles. The Bertz CT molecular complexity index is 487. The largest absolute Gasteiger partial charge is 0.768 e. The van der Waals surface area contributed by atoms with Crippen molar-refractivity contribution in [2.45, 2.75) is 18.7 Å². The van der Waals surface area contributed by atoms with Crippen LogP contribution in [0.1, 0.15) is 21.5 Å². The standard InChI is InChI=1S/C11H16N2O4S/c1-5-7(11(14)15)9(13-4)10(18(16)17)6(2)8(5)12-3/h12-13H,1-4H3,(H,14,15)(H,16,17)/p-1. The molecule has 1 aromatic carbocycles. The molecule has 0 aliphatic heterocycles. The van der Waals surface area contributed by atoms with E-state index in [1.54, 1.807) is 20.9 Å². The lowest BCUT2D eigenvalue weighted by Crippen LogP contribution is -2.13. The molecule has 0 radical (unpaired) electrons. The molecule has 6 nitrogen and oxygen atoms in total. The normalized spacial score (nSPS) is 12.1. The number of carbonyl (C=O) groups is 1. The maximum atomic E-state index is 11.3. The van der Waals surface area contributed by atoms with Crippen LogP contribution in [0.15, 0.2) is 4.90 Å². The number of rotatable bonds is 4. The van der Waals surface area contributed by atoms with Gasteiger partial charge in [-0.05, 0) is 36.1 Å². The SMILES string of the molecule is CNc1c(C)c(C(=O)O)c(NC)c(S(=O)[O-])c1C. The summed E-state index contributed by atoms with van der Waals surface area (Å²) < 4.78 is 22.6. The Kier molecular flexibility index (Phi) is 4.31. The monoisotopic (exact) mass is 271 g/mol. The van der Waals surface area contributed by atoms with Crippen molar-refractivity contribution in [2.24, 2.45) is 0 Å². The van der Waals surface area contributed by atoms with Gasteiger partial charge in [0, 0.05) is 19.8 Å². The summed E-state index contributed by atoms with van der Waals surface area (Å²) in [7, 11) is 3.12. The van der Waals surface area contributed by atoms with Gasteiger partial charge in [-0.3, -0.25) is 4.21 Å². The van der Waals surface area contributed by atoms with Crippen molar-refractivity contribution in [3.05, 3.63) is 16.7 Å². The van der Waals surface area contributed by atoms with E-state index in [0.29, 0.717) is 16.8 Å². The topological polar surface area (TPSA) is 101 Å². The molecule has 100 valence electrons. The smallest absolute Gasteiger partial charge is 0.338 e. The van der Waals surface area contributed by atoms with Crippen molar-refractivity contribution in [3.63, 3.8) is 0 Å². The molecule has 1 unspecified atom stereocenters. The zero-order chi connectivity index (χ0) is 14.0. The molecular formula is C11H15N2O4S-. The second-order valence-electron chi connectivity index (χ2n) is 3.74. The van der Waals surface area contributed by atoms with Crippen LogP contribution in [-0.2, 0) is 11.1 Å². The lowest BCUT2D eigenvalue weighted by molar-refractivity contribution is 0.0697. The van der Waals surface area contributed by atoms with Crippen LogP contribution >= 0.6 is 0 Å². The molecule has 18 heavy (non-hydrogen) atoms.